The van der Waals surface area contributed by atoms with E-state index in [1.54, 1.807) is 0 Å². The fourth-order valence-corrected chi connectivity index (χ4v) is 2.42. The molecule has 5 heteroatoms. The molecule has 1 aliphatic carbocycles. The van der Waals surface area contributed by atoms with Gasteiger partial charge >= 0.3 is 0 Å². The fraction of sp³-hybridized carbons (Fsp3) is 0.533. The van der Waals surface area contributed by atoms with Crippen LogP contribution in [0.1, 0.15) is 31.2 Å². The summed E-state index contributed by atoms with van der Waals surface area (Å²) in [6.07, 6.45) is 4.96. The second-order valence-corrected chi connectivity index (χ2v) is 5.17. The zero-order chi connectivity index (χ0) is 14.2. The Morgan fingerprint density at radius 3 is 2.90 bits per heavy atom. The molecule has 0 spiro atoms. The van der Waals surface area contributed by atoms with Crippen molar-refractivity contribution in [2.45, 2.75) is 38.6 Å². The summed E-state index contributed by atoms with van der Waals surface area (Å²) in [6.45, 7) is 3.17. The molecule has 5 nitrogen and oxygen atoms in total. The van der Waals surface area contributed by atoms with Gasteiger partial charge in [0.25, 0.3) is 0 Å². The number of aliphatic imine (C=N–C) groups is 1. The molecule has 20 heavy (non-hydrogen) atoms. The number of guanidine groups is 1. The number of ether oxygens (including phenoxy) is 1. The average molecular weight is 276 g/mol. The second-order valence-electron chi connectivity index (χ2n) is 5.17. The molecule has 0 aromatic heterocycles. The van der Waals surface area contributed by atoms with Crippen molar-refractivity contribution in [3.05, 3.63) is 29.8 Å². The van der Waals surface area contributed by atoms with Crippen LogP contribution in [-0.2, 0) is 0 Å². The van der Waals surface area contributed by atoms with Crippen LogP contribution in [0.3, 0.4) is 0 Å². The smallest absolute Gasteiger partial charge is 0.206 e. The van der Waals surface area contributed by atoms with Crippen LogP contribution in [0.4, 0.5) is 0 Å². The van der Waals surface area contributed by atoms with Crippen LogP contribution in [0.2, 0.25) is 0 Å². The number of nitrogens with two attached hydrogens (primary N) is 1. The molecule has 110 valence electrons. The fourth-order valence-electron chi connectivity index (χ4n) is 2.42. The quantitative estimate of drug-likeness (QED) is 0.252. The van der Waals surface area contributed by atoms with Crippen molar-refractivity contribution in [1.82, 2.24) is 10.7 Å². The summed E-state index contributed by atoms with van der Waals surface area (Å²) in [5, 5.41) is 3.33. The first-order chi connectivity index (χ1) is 9.78. The molecule has 4 N–H and O–H groups in total. The molecule has 0 heterocycles. The highest BCUT2D eigenvalue weighted by Gasteiger charge is 2.15. The topological polar surface area (TPSA) is 71.7 Å². The Morgan fingerprint density at radius 1 is 1.40 bits per heavy atom. The minimum Gasteiger partial charge on any atom is -0.492 e. The molecule has 0 atom stereocenters. The molecule has 0 amide bonds. The standard InChI is InChI=1S/C15H24N4O/c1-12-5-4-8-14(11-12)20-10-9-17-15(19-16)18-13-6-2-3-7-13/h4-5,8,11,13H,2-3,6-7,9-10,16H2,1H3,(H2,17,18,19). The lowest BCUT2D eigenvalue weighted by molar-refractivity contribution is 0.328. The van der Waals surface area contributed by atoms with Crippen molar-refractivity contribution in [2.24, 2.45) is 10.8 Å². The summed E-state index contributed by atoms with van der Waals surface area (Å²) in [4.78, 5) is 4.39. The van der Waals surface area contributed by atoms with Crippen LogP contribution >= 0.6 is 0 Å². The summed E-state index contributed by atoms with van der Waals surface area (Å²) in [7, 11) is 0. The predicted molar refractivity (Wildman–Crippen MR) is 81.7 cm³/mol. The maximum Gasteiger partial charge on any atom is 0.206 e. The van der Waals surface area contributed by atoms with E-state index >= 15 is 0 Å². The Labute approximate surface area is 120 Å². The molecule has 0 radical (unpaired) electrons. The Morgan fingerprint density at radius 2 is 2.20 bits per heavy atom. The molecule has 0 unspecified atom stereocenters. The van der Waals surface area contributed by atoms with Crippen molar-refractivity contribution in [2.75, 3.05) is 13.2 Å². The van der Waals surface area contributed by atoms with Crippen LogP contribution in [0.15, 0.2) is 29.3 Å². The number of nitrogens with one attached hydrogen (secondary N) is 2. The van der Waals surface area contributed by atoms with E-state index in [-0.39, 0.29) is 0 Å². The first kappa shape index (κ1) is 14.7. The summed E-state index contributed by atoms with van der Waals surface area (Å²) < 4.78 is 5.65. The van der Waals surface area contributed by atoms with Crippen LogP contribution < -0.4 is 21.3 Å². The Kier molecular flexibility index (Phi) is 5.68. The van der Waals surface area contributed by atoms with E-state index in [2.05, 4.69) is 15.7 Å². The highest BCUT2D eigenvalue weighted by atomic mass is 16.5. The molecule has 1 aliphatic rings. The van der Waals surface area contributed by atoms with Gasteiger partial charge in [-0.25, -0.2) is 10.8 Å². The van der Waals surface area contributed by atoms with E-state index in [0.29, 0.717) is 25.2 Å². The zero-order valence-corrected chi connectivity index (χ0v) is 12.1. The molecule has 2 rings (SSSR count). The monoisotopic (exact) mass is 276 g/mol. The Balaban J connectivity index is 1.73. The van der Waals surface area contributed by atoms with Crippen molar-refractivity contribution in [3.63, 3.8) is 0 Å². The van der Waals surface area contributed by atoms with Gasteiger partial charge in [-0.1, -0.05) is 25.0 Å². The van der Waals surface area contributed by atoms with Crippen LogP contribution in [0.5, 0.6) is 5.75 Å². The molecule has 1 fully saturated rings. The van der Waals surface area contributed by atoms with Crippen molar-refractivity contribution < 1.29 is 4.74 Å². The van der Waals surface area contributed by atoms with Gasteiger partial charge in [0.05, 0.1) is 6.54 Å². The number of aryl methyl sites for hydroxylation is 1. The highest BCUT2D eigenvalue weighted by molar-refractivity contribution is 5.79. The van der Waals surface area contributed by atoms with E-state index in [0.717, 1.165) is 5.75 Å². The van der Waals surface area contributed by atoms with Gasteiger partial charge in [0, 0.05) is 6.04 Å². The first-order valence-electron chi connectivity index (χ1n) is 7.25. The third-order valence-corrected chi connectivity index (χ3v) is 3.45. The predicted octanol–water partition coefficient (Wildman–Crippen LogP) is 1.73. The highest BCUT2D eigenvalue weighted by Crippen LogP contribution is 2.17. The number of hydrazine groups is 1. The van der Waals surface area contributed by atoms with Crippen LogP contribution in [-0.4, -0.2) is 25.2 Å². The third-order valence-electron chi connectivity index (χ3n) is 3.45. The summed E-state index contributed by atoms with van der Waals surface area (Å²) in [5.74, 6) is 7.02. The van der Waals surface area contributed by atoms with Gasteiger partial charge in [0.15, 0.2) is 0 Å². The molecule has 1 aromatic carbocycles. The van der Waals surface area contributed by atoms with Gasteiger partial charge in [-0.3, -0.25) is 5.43 Å². The number of hydrogen-bond acceptors (Lipinski definition) is 3. The van der Waals surface area contributed by atoms with E-state index < -0.39 is 0 Å². The second kappa shape index (κ2) is 7.75. The SMILES string of the molecule is Cc1cccc(OCCN=C(NN)NC2CCCC2)c1. The zero-order valence-electron chi connectivity index (χ0n) is 12.1. The van der Waals surface area contributed by atoms with E-state index in [9.17, 15) is 0 Å². The molecule has 0 saturated heterocycles. The largest absolute Gasteiger partial charge is 0.492 e. The van der Waals surface area contributed by atoms with Gasteiger partial charge in [-0.05, 0) is 37.5 Å². The summed E-state index contributed by atoms with van der Waals surface area (Å²) in [5.41, 5.74) is 3.81. The van der Waals surface area contributed by atoms with Crippen LogP contribution in [0, 0.1) is 6.92 Å². The van der Waals surface area contributed by atoms with Gasteiger partial charge in [0.2, 0.25) is 5.96 Å². The molecule has 1 saturated carbocycles. The minimum atomic E-state index is 0.502. The number of rotatable bonds is 5. The molecular formula is C15H24N4O. The summed E-state index contributed by atoms with van der Waals surface area (Å²) in [6, 6.07) is 8.51. The van der Waals surface area contributed by atoms with Crippen molar-refractivity contribution in [3.8, 4) is 5.75 Å². The number of hydrogen-bond donors (Lipinski definition) is 3. The molecule has 0 bridgehead atoms. The lowest BCUT2D eigenvalue weighted by Crippen LogP contribution is -2.45. The van der Waals surface area contributed by atoms with Crippen molar-refractivity contribution in [1.29, 1.82) is 0 Å². The number of nitrogens with zero attached hydrogens (tertiary/aromatic N) is 1. The lowest BCUT2D eigenvalue weighted by atomic mass is 10.2. The van der Waals surface area contributed by atoms with E-state index in [4.69, 9.17) is 10.6 Å². The van der Waals surface area contributed by atoms with Crippen molar-refractivity contribution >= 4 is 5.96 Å². The van der Waals surface area contributed by atoms with E-state index in [1.165, 1.54) is 31.2 Å². The normalized spacial score (nSPS) is 16.2. The molecule has 1 aromatic rings. The third kappa shape index (κ3) is 4.74. The first-order valence-corrected chi connectivity index (χ1v) is 7.25. The lowest BCUT2D eigenvalue weighted by Gasteiger charge is -2.15. The maximum atomic E-state index is 5.65. The number of benzene rings is 1. The van der Waals surface area contributed by atoms with Gasteiger partial charge in [-0.2, -0.15) is 0 Å². The van der Waals surface area contributed by atoms with Gasteiger partial charge in [0.1, 0.15) is 12.4 Å². The van der Waals surface area contributed by atoms with Crippen LogP contribution in [0.25, 0.3) is 0 Å². The Bertz CT molecular complexity index is 441. The maximum absolute atomic E-state index is 5.65. The van der Waals surface area contributed by atoms with Gasteiger partial charge < -0.3 is 10.1 Å². The summed E-state index contributed by atoms with van der Waals surface area (Å²) >= 11 is 0. The Hall–Kier alpha value is -1.75. The van der Waals surface area contributed by atoms with E-state index in [1.807, 2.05) is 31.2 Å². The minimum absolute atomic E-state index is 0.502. The molecule has 0 aliphatic heterocycles. The average Bonchev–Trinajstić information content (AvgIpc) is 2.95. The van der Waals surface area contributed by atoms with Gasteiger partial charge in [-0.15, -0.1) is 0 Å². The molecular weight excluding hydrogens is 252 g/mol.